The Morgan fingerprint density at radius 2 is 1.94 bits per heavy atom. The molecule has 7 nitrogen and oxygen atoms in total. The number of H-pyrrole nitrogens is 1. The van der Waals surface area contributed by atoms with Gasteiger partial charge in [-0.2, -0.15) is 5.26 Å². The van der Waals surface area contributed by atoms with Gasteiger partial charge in [-0.1, -0.05) is 6.07 Å². The molecule has 8 heteroatoms. The molecule has 0 aliphatic carbocycles. The van der Waals surface area contributed by atoms with Crippen LogP contribution in [0.5, 0.6) is 11.5 Å². The van der Waals surface area contributed by atoms with Crippen molar-refractivity contribution in [2.24, 2.45) is 5.92 Å². The minimum atomic E-state index is -0.286. The van der Waals surface area contributed by atoms with E-state index >= 15 is 0 Å². The average molecular weight is 442 g/mol. The fourth-order valence-electron chi connectivity index (χ4n) is 4.19. The van der Waals surface area contributed by atoms with E-state index in [1.165, 1.54) is 12.1 Å². The number of piperidine rings is 1. The lowest BCUT2D eigenvalue weighted by atomic mass is 9.96. The molecule has 0 saturated carbocycles. The number of rotatable bonds is 6. The second-order valence-corrected chi connectivity index (χ2v) is 8.13. The van der Waals surface area contributed by atoms with Crippen molar-refractivity contribution >= 4 is 22.5 Å². The van der Waals surface area contributed by atoms with Crippen molar-refractivity contribution in [2.75, 3.05) is 29.9 Å². The van der Waals surface area contributed by atoms with E-state index in [2.05, 4.69) is 31.2 Å². The van der Waals surface area contributed by atoms with Crippen molar-refractivity contribution in [3.8, 4) is 17.6 Å². The molecular weight excluding hydrogens is 419 g/mol. The molecule has 0 bridgehead atoms. The molecule has 2 aromatic heterocycles. The Bertz CT molecular complexity index is 1290. The highest BCUT2D eigenvalue weighted by atomic mass is 19.1. The Hall–Kier alpha value is -4.12. The summed E-state index contributed by atoms with van der Waals surface area (Å²) >= 11 is 0. The fourth-order valence-corrected chi connectivity index (χ4v) is 4.19. The molecule has 0 radical (unpaired) electrons. The van der Waals surface area contributed by atoms with Crippen LogP contribution in [0, 0.1) is 23.1 Å². The predicted molar refractivity (Wildman–Crippen MR) is 125 cm³/mol. The molecular formula is C25H23FN6O. The first-order valence-electron chi connectivity index (χ1n) is 10.9. The van der Waals surface area contributed by atoms with Crippen LogP contribution in [0.2, 0.25) is 0 Å². The van der Waals surface area contributed by atoms with Crippen LogP contribution in [0.3, 0.4) is 0 Å². The average Bonchev–Trinajstić information content (AvgIpc) is 3.28. The van der Waals surface area contributed by atoms with Gasteiger partial charge in [0.05, 0.1) is 10.9 Å². The quantitative estimate of drug-likeness (QED) is 0.432. The first-order chi connectivity index (χ1) is 16.2. The number of halogens is 1. The lowest BCUT2D eigenvalue weighted by molar-refractivity contribution is 0.422. The molecule has 0 amide bonds. The predicted octanol–water partition coefficient (Wildman–Crippen LogP) is 5.09. The number of hydrogen-bond acceptors (Lipinski definition) is 6. The van der Waals surface area contributed by atoms with Crippen LogP contribution in [0.25, 0.3) is 11.0 Å². The number of nitriles is 1. The molecule has 0 atom stereocenters. The molecule has 3 heterocycles. The minimum Gasteiger partial charge on any atom is -0.457 e. The second kappa shape index (κ2) is 9.17. The van der Waals surface area contributed by atoms with E-state index in [0.717, 1.165) is 49.4 Å². The fraction of sp³-hybridized carbons (Fsp3) is 0.240. The van der Waals surface area contributed by atoms with Gasteiger partial charge in [-0.3, -0.25) is 0 Å². The number of ether oxygens (including phenoxy) is 1. The third kappa shape index (κ3) is 4.58. The summed E-state index contributed by atoms with van der Waals surface area (Å²) in [7, 11) is 0. The Kier molecular flexibility index (Phi) is 5.77. The number of fused-ring (bicyclic) bond motifs is 1. The van der Waals surface area contributed by atoms with E-state index in [-0.39, 0.29) is 5.82 Å². The SMILES string of the molecule is N#Cc1c[nH]c2ncnc(N3CCC(CNc4cccc(Oc5ccc(F)cc5)c4)CC3)c12. The van der Waals surface area contributed by atoms with E-state index < -0.39 is 0 Å². The van der Waals surface area contributed by atoms with Crippen molar-refractivity contribution in [3.63, 3.8) is 0 Å². The number of nitrogens with one attached hydrogen (secondary N) is 2. The first kappa shape index (κ1) is 20.8. The van der Waals surface area contributed by atoms with Crippen molar-refractivity contribution in [1.29, 1.82) is 5.26 Å². The number of aromatic amines is 1. The smallest absolute Gasteiger partial charge is 0.144 e. The maximum absolute atomic E-state index is 13.1. The highest BCUT2D eigenvalue weighted by molar-refractivity contribution is 5.92. The summed E-state index contributed by atoms with van der Waals surface area (Å²) in [6, 6.07) is 16.0. The van der Waals surface area contributed by atoms with Gasteiger partial charge in [0, 0.05) is 37.6 Å². The summed E-state index contributed by atoms with van der Waals surface area (Å²) in [5.41, 5.74) is 2.26. The van der Waals surface area contributed by atoms with Crippen molar-refractivity contribution in [1.82, 2.24) is 15.0 Å². The van der Waals surface area contributed by atoms with Gasteiger partial charge in [0.25, 0.3) is 0 Å². The zero-order valence-electron chi connectivity index (χ0n) is 18.0. The molecule has 5 rings (SSSR count). The molecule has 1 fully saturated rings. The Morgan fingerprint density at radius 1 is 1.12 bits per heavy atom. The van der Waals surface area contributed by atoms with Crippen LogP contribution in [0.4, 0.5) is 15.9 Å². The number of hydrogen-bond donors (Lipinski definition) is 2. The Morgan fingerprint density at radius 3 is 2.73 bits per heavy atom. The monoisotopic (exact) mass is 442 g/mol. The highest BCUT2D eigenvalue weighted by Gasteiger charge is 2.23. The topological polar surface area (TPSA) is 89.9 Å². The van der Waals surface area contributed by atoms with E-state index in [0.29, 0.717) is 28.6 Å². The summed E-state index contributed by atoms with van der Waals surface area (Å²) < 4.78 is 18.9. The normalized spacial score (nSPS) is 14.2. The molecule has 33 heavy (non-hydrogen) atoms. The molecule has 2 N–H and O–H groups in total. The van der Waals surface area contributed by atoms with Crippen LogP contribution in [-0.2, 0) is 0 Å². The van der Waals surface area contributed by atoms with E-state index in [1.807, 2.05) is 24.3 Å². The molecule has 4 aromatic rings. The van der Waals surface area contributed by atoms with E-state index in [4.69, 9.17) is 4.74 Å². The van der Waals surface area contributed by atoms with Crippen LogP contribution >= 0.6 is 0 Å². The molecule has 166 valence electrons. The van der Waals surface area contributed by atoms with Gasteiger partial charge in [-0.15, -0.1) is 0 Å². The van der Waals surface area contributed by atoms with Crippen LogP contribution < -0.4 is 15.0 Å². The second-order valence-electron chi connectivity index (χ2n) is 8.13. The highest BCUT2D eigenvalue weighted by Crippen LogP contribution is 2.30. The Balaban J connectivity index is 1.18. The van der Waals surface area contributed by atoms with Crippen LogP contribution in [0.15, 0.2) is 61.1 Å². The van der Waals surface area contributed by atoms with Gasteiger partial charge in [0.15, 0.2) is 0 Å². The minimum absolute atomic E-state index is 0.286. The van der Waals surface area contributed by atoms with Crippen molar-refractivity contribution in [3.05, 3.63) is 72.4 Å². The zero-order chi connectivity index (χ0) is 22.6. The third-order valence-corrected chi connectivity index (χ3v) is 5.96. The van der Waals surface area contributed by atoms with Crippen molar-refractivity contribution < 1.29 is 9.13 Å². The number of aromatic nitrogens is 3. The summed E-state index contributed by atoms with van der Waals surface area (Å²) in [4.78, 5) is 14.0. The number of anilines is 2. The maximum atomic E-state index is 13.1. The van der Waals surface area contributed by atoms with Crippen molar-refractivity contribution in [2.45, 2.75) is 12.8 Å². The van der Waals surface area contributed by atoms with Gasteiger partial charge in [-0.05, 0) is 55.2 Å². The van der Waals surface area contributed by atoms with Crippen LogP contribution in [-0.4, -0.2) is 34.6 Å². The summed E-state index contributed by atoms with van der Waals surface area (Å²) in [5.74, 6) is 2.37. The molecule has 1 saturated heterocycles. The van der Waals surface area contributed by atoms with Gasteiger partial charge >= 0.3 is 0 Å². The summed E-state index contributed by atoms with van der Waals surface area (Å²) in [6.45, 7) is 2.62. The van der Waals surface area contributed by atoms with Gasteiger partial charge in [0.2, 0.25) is 0 Å². The number of nitrogens with zero attached hydrogens (tertiary/aromatic N) is 4. The van der Waals surface area contributed by atoms with Gasteiger partial charge < -0.3 is 19.9 Å². The lowest BCUT2D eigenvalue weighted by Crippen LogP contribution is -2.36. The Labute approximate surface area is 190 Å². The molecule has 1 aliphatic rings. The molecule has 0 spiro atoms. The molecule has 1 aliphatic heterocycles. The van der Waals surface area contributed by atoms with Gasteiger partial charge in [-0.25, -0.2) is 14.4 Å². The third-order valence-electron chi connectivity index (χ3n) is 5.96. The summed E-state index contributed by atoms with van der Waals surface area (Å²) in [6.07, 6.45) is 5.28. The first-order valence-corrected chi connectivity index (χ1v) is 10.9. The standard InChI is InChI=1S/C25H23FN6O/c26-19-4-6-21(7-5-19)33-22-3-1-2-20(12-22)28-14-17-8-10-32(11-9-17)25-23-18(13-27)15-29-24(23)30-16-31-25/h1-7,12,15-17,28H,8-11,14H2,(H,29,30,31). The zero-order valence-corrected chi connectivity index (χ0v) is 18.0. The molecule has 2 aromatic carbocycles. The summed E-state index contributed by atoms with van der Waals surface area (Å²) in [5, 5.41) is 13.7. The van der Waals surface area contributed by atoms with Crippen LogP contribution in [0.1, 0.15) is 18.4 Å². The lowest BCUT2D eigenvalue weighted by Gasteiger charge is -2.33. The van der Waals surface area contributed by atoms with E-state index in [1.54, 1.807) is 24.7 Å². The largest absolute Gasteiger partial charge is 0.457 e. The van der Waals surface area contributed by atoms with E-state index in [9.17, 15) is 9.65 Å². The maximum Gasteiger partial charge on any atom is 0.144 e. The van der Waals surface area contributed by atoms with Gasteiger partial charge in [0.1, 0.15) is 41.2 Å². The molecule has 0 unspecified atom stereocenters. The number of benzene rings is 2.